The normalized spacial score (nSPS) is 17.4. The van der Waals surface area contributed by atoms with E-state index in [2.05, 4.69) is 10.3 Å². The summed E-state index contributed by atoms with van der Waals surface area (Å²) >= 11 is 0. The molecular weight excluding hydrogens is 382 g/mol. The zero-order chi connectivity index (χ0) is 21.0. The number of alkyl halides is 2. The summed E-state index contributed by atoms with van der Waals surface area (Å²) in [5, 5.41) is 11.4. The van der Waals surface area contributed by atoms with E-state index in [1.54, 1.807) is 30.3 Å². The molecule has 1 saturated heterocycles. The lowest BCUT2D eigenvalue weighted by atomic mass is 10.0. The Balaban J connectivity index is 1.74. The number of carbonyl (C=O) groups excluding carboxylic acids is 2. The molecule has 3 rings (SSSR count). The van der Waals surface area contributed by atoms with Crippen LogP contribution < -0.4 is 10.1 Å². The molecule has 1 N–H and O–H groups in total. The number of nitrogens with zero attached hydrogens (tertiary/aromatic N) is 3. The van der Waals surface area contributed by atoms with Crippen LogP contribution in [0, 0.1) is 11.3 Å². The largest absolute Gasteiger partial charge is 0.497 e. The number of amides is 2. The minimum Gasteiger partial charge on any atom is -0.497 e. The number of likely N-dealkylation sites (tertiary alicyclic amines) is 1. The number of benzene rings is 1. The Labute approximate surface area is 165 Å². The number of nitrogens with one attached hydrogen (secondary N) is 1. The lowest BCUT2D eigenvalue weighted by Crippen LogP contribution is -2.43. The van der Waals surface area contributed by atoms with E-state index in [0.717, 1.165) is 4.90 Å². The van der Waals surface area contributed by atoms with Crippen molar-refractivity contribution < 1.29 is 23.1 Å². The van der Waals surface area contributed by atoms with Crippen LogP contribution >= 0.6 is 0 Å². The number of halogens is 2. The van der Waals surface area contributed by atoms with Gasteiger partial charge in [0, 0.05) is 24.4 Å². The highest BCUT2D eigenvalue weighted by Gasteiger charge is 2.47. The van der Waals surface area contributed by atoms with Gasteiger partial charge in [0.25, 0.3) is 11.8 Å². The fourth-order valence-electron chi connectivity index (χ4n) is 3.16. The first kappa shape index (κ1) is 20.2. The van der Waals surface area contributed by atoms with Crippen LogP contribution in [-0.2, 0) is 4.79 Å². The van der Waals surface area contributed by atoms with Crippen molar-refractivity contribution in [2.75, 3.05) is 20.2 Å². The second kappa shape index (κ2) is 8.22. The predicted molar refractivity (Wildman–Crippen MR) is 99.2 cm³/mol. The molecule has 2 heterocycles. The molecule has 1 aromatic carbocycles. The van der Waals surface area contributed by atoms with Crippen LogP contribution in [0.25, 0.3) is 11.1 Å². The standard InChI is InChI=1S/C20H18F2N4O3/c1-29-15-4-2-3-13(7-15)17-10-24-6-5-16(17)19(28)25-11-18(27)26-12-20(21,22)8-14(26)9-23/h2-7,10,14H,8,11-12H2,1H3,(H,25,28)/t14-/m0/s1. The lowest BCUT2D eigenvalue weighted by Gasteiger charge is -2.19. The van der Waals surface area contributed by atoms with Crippen molar-refractivity contribution in [3.63, 3.8) is 0 Å². The van der Waals surface area contributed by atoms with Crippen molar-refractivity contribution in [3.8, 4) is 22.9 Å². The van der Waals surface area contributed by atoms with E-state index >= 15 is 0 Å². The molecule has 0 bridgehead atoms. The number of aromatic nitrogens is 1. The number of nitriles is 1. The molecule has 0 saturated carbocycles. The highest BCUT2D eigenvalue weighted by atomic mass is 19.3. The fourth-order valence-corrected chi connectivity index (χ4v) is 3.16. The number of ether oxygens (including phenoxy) is 1. The van der Waals surface area contributed by atoms with Gasteiger partial charge in [-0.2, -0.15) is 5.26 Å². The molecule has 150 valence electrons. The van der Waals surface area contributed by atoms with E-state index in [-0.39, 0.29) is 5.56 Å². The summed E-state index contributed by atoms with van der Waals surface area (Å²) in [6, 6.07) is 9.04. The number of methoxy groups -OCH3 is 1. The van der Waals surface area contributed by atoms with Gasteiger partial charge in [0.1, 0.15) is 11.8 Å². The number of rotatable bonds is 5. The minimum atomic E-state index is -3.11. The molecule has 0 unspecified atom stereocenters. The second-order valence-corrected chi connectivity index (χ2v) is 6.56. The van der Waals surface area contributed by atoms with Crippen molar-refractivity contribution >= 4 is 11.8 Å². The maximum Gasteiger partial charge on any atom is 0.268 e. The Morgan fingerprint density at radius 2 is 2.21 bits per heavy atom. The van der Waals surface area contributed by atoms with Crippen LogP contribution in [0.1, 0.15) is 16.8 Å². The maximum absolute atomic E-state index is 13.5. The van der Waals surface area contributed by atoms with Gasteiger partial charge >= 0.3 is 0 Å². The fraction of sp³-hybridized carbons (Fsp3) is 0.300. The summed E-state index contributed by atoms with van der Waals surface area (Å²) < 4.78 is 32.2. The van der Waals surface area contributed by atoms with E-state index in [0.29, 0.717) is 16.9 Å². The molecular formula is C20H18F2N4O3. The van der Waals surface area contributed by atoms with Crippen molar-refractivity contribution in [2.24, 2.45) is 0 Å². The maximum atomic E-state index is 13.5. The van der Waals surface area contributed by atoms with Gasteiger partial charge in [0.05, 0.1) is 31.8 Å². The Bertz CT molecular complexity index is 974. The molecule has 0 aliphatic carbocycles. The Hall–Kier alpha value is -3.54. The molecule has 1 aliphatic rings. The quantitative estimate of drug-likeness (QED) is 0.831. The van der Waals surface area contributed by atoms with Crippen molar-refractivity contribution in [3.05, 3.63) is 48.3 Å². The van der Waals surface area contributed by atoms with Gasteiger partial charge in [-0.3, -0.25) is 14.6 Å². The van der Waals surface area contributed by atoms with Gasteiger partial charge in [-0.15, -0.1) is 0 Å². The molecule has 1 fully saturated rings. The zero-order valence-corrected chi connectivity index (χ0v) is 15.6. The van der Waals surface area contributed by atoms with E-state index < -0.39 is 43.3 Å². The first-order valence-electron chi connectivity index (χ1n) is 8.78. The van der Waals surface area contributed by atoms with Crippen molar-refractivity contribution in [1.82, 2.24) is 15.2 Å². The van der Waals surface area contributed by atoms with Gasteiger partial charge in [-0.1, -0.05) is 12.1 Å². The molecule has 2 amide bonds. The number of hydrogen-bond acceptors (Lipinski definition) is 5. The SMILES string of the molecule is COc1cccc(-c2cnccc2C(=O)NCC(=O)N2CC(F)(F)C[C@H]2C#N)c1. The molecule has 29 heavy (non-hydrogen) atoms. The summed E-state index contributed by atoms with van der Waals surface area (Å²) in [5.74, 6) is -3.80. The first-order valence-corrected chi connectivity index (χ1v) is 8.78. The number of hydrogen-bond donors (Lipinski definition) is 1. The molecule has 1 aliphatic heterocycles. The van der Waals surface area contributed by atoms with Gasteiger partial charge < -0.3 is 15.0 Å². The van der Waals surface area contributed by atoms with Crippen LogP contribution in [-0.4, -0.2) is 53.9 Å². The molecule has 1 aromatic heterocycles. The van der Waals surface area contributed by atoms with Crippen LogP contribution in [0.4, 0.5) is 8.78 Å². The van der Waals surface area contributed by atoms with Gasteiger partial charge in [0.2, 0.25) is 5.91 Å². The Morgan fingerprint density at radius 1 is 1.41 bits per heavy atom. The highest BCUT2D eigenvalue weighted by Crippen LogP contribution is 2.31. The third kappa shape index (κ3) is 4.48. The topological polar surface area (TPSA) is 95.3 Å². The van der Waals surface area contributed by atoms with Crippen molar-refractivity contribution in [2.45, 2.75) is 18.4 Å². The van der Waals surface area contributed by atoms with Crippen LogP contribution in [0.2, 0.25) is 0 Å². The summed E-state index contributed by atoms with van der Waals surface area (Å²) in [7, 11) is 1.53. The predicted octanol–water partition coefficient (Wildman–Crippen LogP) is 2.25. The van der Waals surface area contributed by atoms with Crippen LogP contribution in [0.15, 0.2) is 42.7 Å². The third-order valence-electron chi connectivity index (χ3n) is 4.59. The average Bonchev–Trinajstić information content (AvgIpc) is 3.06. The monoisotopic (exact) mass is 400 g/mol. The highest BCUT2D eigenvalue weighted by molar-refractivity contribution is 6.02. The molecule has 0 spiro atoms. The first-order chi connectivity index (χ1) is 13.8. The molecule has 1 atom stereocenters. The lowest BCUT2D eigenvalue weighted by molar-refractivity contribution is -0.131. The Morgan fingerprint density at radius 3 is 2.93 bits per heavy atom. The minimum absolute atomic E-state index is 0.268. The smallest absolute Gasteiger partial charge is 0.268 e. The molecule has 0 radical (unpaired) electrons. The molecule has 2 aromatic rings. The number of pyridine rings is 1. The van der Waals surface area contributed by atoms with E-state index in [4.69, 9.17) is 10.00 Å². The van der Waals surface area contributed by atoms with E-state index in [1.807, 2.05) is 0 Å². The molecule has 7 nitrogen and oxygen atoms in total. The summed E-state index contributed by atoms with van der Waals surface area (Å²) in [6.45, 7) is -1.32. The van der Waals surface area contributed by atoms with Gasteiger partial charge in [-0.05, 0) is 23.8 Å². The van der Waals surface area contributed by atoms with E-state index in [1.165, 1.54) is 25.6 Å². The summed E-state index contributed by atoms with van der Waals surface area (Å²) in [4.78, 5) is 29.8. The van der Waals surface area contributed by atoms with E-state index in [9.17, 15) is 18.4 Å². The zero-order valence-electron chi connectivity index (χ0n) is 15.6. The van der Waals surface area contributed by atoms with Crippen LogP contribution in [0.3, 0.4) is 0 Å². The van der Waals surface area contributed by atoms with Gasteiger partial charge in [0.15, 0.2) is 0 Å². The van der Waals surface area contributed by atoms with Crippen molar-refractivity contribution in [1.29, 1.82) is 5.26 Å². The number of carbonyl (C=O) groups is 2. The average molecular weight is 400 g/mol. The second-order valence-electron chi connectivity index (χ2n) is 6.56. The van der Waals surface area contributed by atoms with Crippen LogP contribution in [0.5, 0.6) is 5.75 Å². The van der Waals surface area contributed by atoms with Gasteiger partial charge in [-0.25, -0.2) is 8.78 Å². The molecule has 9 heteroatoms. The summed E-state index contributed by atoms with van der Waals surface area (Å²) in [6.07, 6.45) is 2.25. The summed E-state index contributed by atoms with van der Waals surface area (Å²) in [5.41, 5.74) is 1.49. The Kier molecular flexibility index (Phi) is 5.73. The third-order valence-corrected chi connectivity index (χ3v) is 4.59.